The van der Waals surface area contributed by atoms with Crippen LogP contribution in [0.3, 0.4) is 0 Å². The van der Waals surface area contributed by atoms with Gasteiger partial charge in [-0.1, -0.05) is 22.9 Å². The van der Waals surface area contributed by atoms with E-state index >= 15 is 0 Å². The molecule has 0 spiro atoms. The Kier molecular flexibility index (Phi) is 8.79. The molecule has 29 heavy (non-hydrogen) atoms. The highest BCUT2D eigenvalue weighted by molar-refractivity contribution is 9.10. The molecule has 8 heteroatoms. The van der Waals surface area contributed by atoms with Crippen LogP contribution in [-0.2, 0) is 25.5 Å². The molecule has 0 aliphatic rings. The minimum Gasteiger partial charge on any atom is -0.456 e. The van der Waals surface area contributed by atoms with Gasteiger partial charge in [0.15, 0.2) is 6.61 Å². The molecule has 0 aromatic heterocycles. The number of amides is 2. The largest absolute Gasteiger partial charge is 0.456 e. The summed E-state index contributed by atoms with van der Waals surface area (Å²) in [7, 11) is 0. The first-order chi connectivity index (χ1) is 13.9. The van der Waals surface area contributed by atoms with Gasteiger partial charge in [-0.15, -0.1) is 0 Å². The molecule has 0 aliphatic heterocycles. The van der Waals surface area contributed by atoms with Crippen molar-refractivity contribution in [2.75, 3.05) is 17.2 Å². The predicted octanol–water partition coefficient (Wildman–Crippen LogP) is 4.44. The first-order valence-electron chi connectivity index (χ1n) is 9.16. The number of aryl methyl sites for hydroxylation is 1. The van der Waals surface area contributed by atoms with E-state index in [-0.39, 0.29) is 37.6 Å². The lowest BCUT2D eigenvalue weighted by atomic mass is 10.1. The average molecular weight is 465 g/mol. The Morgan fingerprint density at radius 2 is 1.72 bits per heavy atom. The summed E-state index contributed by atoms with van der Waals surface area (Å²) in [6.07, 6.45) is 1.15. The van der Waals surface area contributed by atoms with Crippen LogP contribution in [0.25, 0.3) is 0 Å². The van der Waals surface area contributed by atoms with Gasteiger partial charge >= 0.3 is 5.97 Å². The zero-order valence-corrected chi connectivity index (χ0v) is 17.6. The fraction of sp³-hybridized carbons (Fsp3) is 0.286. The second-order valence-electron chi connectivity index (χ2n) is 6.27. The topological polar surface area (TPSA) is 84.5 Å². The van der Waals surface area contributed by atoms with E-state index in [2.05, 4.69) is 26.6 Å². The van der Waals surface area contributed by atoms with Gasteiger partial charge in [-0.25, -0.2) is 4.39 Å². The number of carbonyl (C=O) groups is 3. The number of rotatable bonds is 9. The number of ether oxygens (including phenoxy) is 1. The summed E-state index contributed by atoms with van der Waals surface area (Å²) < 4.78 is 18.7. The minimum absolute atomic E-state index is 0.0165. The van der Waals surface area contributed by atoms with Crippen molar-refractivity contribution in [1.82, 2.24) is 0 Å². The molecule has 0 bridgehead atoms. The van der Waals surface area contributed by atoms with E-state index < -0.39 is 11.9 Å². The van der Waals surface area contributed by atoms with E-state index in [0.29, 0.717) is 11.4 Å². The molecule has 2 aromatic rings. The lowest BCUT2D eigenvalue weighted by molar-refractivity contribution is -0.147. The van der Waals surface area contributed by atoms with E-state index in [1.54, 1.807) is 6.07 Å². The summed E-state index contributed by atoms with van der Waals surface area (Å²) in [5, 5.41) is 5.33. The van der Waals surface area contributed by atoms with Crippen molar-refractivity contribution in [2.45, 2.75) is 32.6 Å². The molecule has 2 rings (SSSR count). The molecule has 0 atom stereocenters. The lowest BCUT2D eigenvalue weighted by Gasteiger charge is -2.11. The van der Waals surface area contributed by atoms with E-state index in [0.717, 1.165) is 16.5 Å². The van der Waals surface area contributed by atoms with Gasteiger partial charge in [-0.05, 0) is 60.9 Å². The van der Waals surface area contributed by atoms with Crippen molar-refractivity contribution in [3.63, 3.8) is 0 Å². The van der Waals surface area contributed by atoms with Crippen LogP contribution in [0.4, 0.5) is 15.8 Å². The van der Waals surface area contributed by atoms with Gasteiger partial charge in [0.2, 0.25) is 5.91 Å². The first kappa shape index (κ1) is 22.5. The van der Waals surface area contributed by atoms with Crippen LogP contribution in [0.1, 0.15) is 31.7 Å². The van der Waals surface area contributed by atoms with E-state index in [1.807, 2.05) is 19.1 Å². The predicted molar refractivity (Wildman–Crippen MR) is 112 cm³/mol. The Bertz CT molecular complexity index is 871. The molecule has 2 amide bonds. The summed E-state index contributed by atoms with van der Waals surface area (Å²) >= 11 is 3.38. The number of halogens is 2. The molecule has 0 fully saturated rings. The molecule has 6 nitrogen and oxygen atoms in total. The van der Waals surface area contributed by atoms with Crippen molar-refractivity contribution in [1.29, 1.82) is 0 Å². The molecule has 2 aromatic carbocycles. The van der Waals surface area contributed by atoms with Crippen LogP contribution in [-0.4, -0.2) is 24.4 Å². The number of esters is 1. The fourth-order valence-electron chi connectivity index (χ4n) is 2.53. The summed E-state index contributed by atoms with van der Waals surface area (Å²) in [5.41, 5.74) is 2.12. The number of benzene rings is 2. The highest BCUT2D eigenvalue weighted by Gasteiger charge is 2.11. The van der Waals surface area contributed by atoms with E-state index in [9.17, 15) is 18.8 Å². The summed E-state index contributed by atoms with van der Waals surface area (Å²) in [6, 6.07) is 10.9. The summed E-state index contributed by atoms with van der Waals surface area (Å²) in [5.74, 6) is -1.66. The Labute approximate surface area is 177 Å². The molecule has 0 unspecified atom stereocenters. The first-order valence-corrected chi connectivity index (χ1v) is 9.96. The maximum Gasteiger partial charge on any atom is 0.306 e. The van der Waals surface area contributed by atoms with Gasteiger partial charge in [0.1, 0.15) is 5.82 Å². The number of carbonyl (C=O) groups excluding carboxylic acids is 3. The normalized spacial score (nSPS) is 10.3. The maximum atomic E-state index is 12.8. The summed E-state index contributed by atoms with van der Waals surface area (Å²) in [6.45, 7) is 1.59. The van der Waals surface area contributed by atoms with Crippen LogP contribution >= 0.6 is 15.9 Å². The molecule has 0 saturated carbocycles. The second-order valence-corrected chi connectivity index (χ2v) is 7.19. The standard InChI is InChI=1S/C21H22BrFN2O4/c1-2-14-12-15(22)6-11-18(14)25-20(27)13-29-21(28)5-3-4-19(26)24-17-9-7-16(23)8-10-17/h6-12H,2-5,13H2,1H3,(H,24,26)(H,25,27). The van der Waals surface area contributed by atoms with Gasteiger partial charge in [0, 0.05) is 28.7 Å². The highest BCUT2D eigenvalue weighted by atomic mass is 79.9. The molecule has 0 radical (unpaired) electrons. The SMILES string of the molecule is CCc1cc(Br)ccc1NC(=O)COC(=O)CCCC(=O)Nc1ccc(F)cc1. The van der Waals surface area contributed by atoms with Crippen molar-refractivity contribution < 1.29 is 23.5 Å². The fourth-order valence-corrected chi connectivity index (χ4v) is 2.94. The van der Waals surface area contributed by atoms with Crippen LogP contribution < -0.4 is 10.6 Å². The van der Waals surface area contributed by atoms with Crippen molar-refractivity contribution in [3.8, 4) is 0 Å². The van der Waals surface area contributed by atoms with E-state index in [4.69, 9.17) is 4.74 Å². The maximum absolute atomic E-state index is 12.8. The van der Waals surface area contributed by atoms with Crippen molar-refractivity contribution >= 4 is 45.1 Å². The van der Waals surface area contributed by atoms with Crippen molar-refractivity contribution in [3.05, 3.63) is 58.3 Å². The third-order valence-corrected chi connectivity index (χ3v) is 4.49. The van der Waals surface area contributed by atoms with E-state index in [1.165, 1.54) is 24.3 Å². The van der Waals surface area contributed by atoms with Crippen LogP contribution in [0.2, 0.25) is 0 Å². The van der Waals surface area contributed by atoms with Gasteiger partial charge in [0.25, 0.3) is 5.91 Å². The number of hydrogen-bond donors (Lipinski definition) is 2. The molecular weight excluding hydrogens is 443 g/mol. The lowest BCUT2D eigenvalue weighted by Crippen LogP contribution is -2.21. The molecular formula is C21H22BrFN2O4. The molecule has 0 saturated heterocycles. The molecule has 154 valence electrons. The number of hydrogen-bond acceptors (Lipinski definition) is 4. The summed E-state index contributed by atoms with van der Waals surface area (Å²) in [4.78, 5) is 35.6. The Morgan fingerprint density at radius 1 is 1.00 bits per heavy atom. The molecule has 2 N–H and O–H groups in total. The zero-order valence-electron chi connectivity index (χ0n) is 16.0. The Balaban J connectivity index is 1.67. The quantitative estimate of drug-likeness (QED) is 0.537. The second kappa shape index (κ2) is 11.3. The Hall–Kier alpha value is -2.74. The van der Waals surface area contributed by atoms with Gasteiger partial charge < -0.3 is 15.4 Å². The number of anilines is 2. The smallest absolute Gasteiger partial charge is 0.306 e. The molecule has 0 heterocycles. The van der Waals surface area contributed by atoms with Crippen LogP contribution in [0.15, 0.2) is 46.9 Å². The van der Waals surface area contributed by atoms with Crippen LogP contribution in [0.5, 0.6) is 0 Å². The van der Waals surface area contributed by atoms with Crippen molar-refractivity contribution in [2.24, 2.45) is 0 Å². The third kappa shape index (κ3) is 8.03. The third-order valence-electron chi connectivity index (χ3n) is 4.00. The minimum atomic E-state index is -0.554. The van der Waals surface area contributed by atoms with Gasteiger partial charge in [-0.3, -0.25) is 14.4 Å². The zero-order chi connectivity index (χ0) is 21.2. The van der Waals surface area contributed by atoms with Gasteiger partial charge in [0.05, 0.1) is 0 Å². The average Bonchev–Trinajstić information content (AvgIpc) is 2.69. The monoisotopic (exact) mass is 464 g/mol. The number of nitrogens with one attached hydrogen (secondary N) is 2. The highest BCUT2D eigenvalue weighted by Crippen LogP contribution is 2.21. The van der Waals surface area contributed by atoms with Crippen LogP contribution in [0, 0.1) is 5.82 Å². The molecule has 0 aliphatic carbocycles. The Morgan fingerprint density at radius 3 is 2.41 bits per heavy atom. The van der Waals surface area contributed by atoms with Gasteiger partial charge in [-0.2, -0.15) is 0 Å².